The molecule has 0 spiro atoms. The second-order valence-electron chi connectivity index (χ2n) is 4.14. The molecule has 0 amide bonds. The lowest BCUT2D eigenvalue weighted by molar-refractivity contribution is -0.141. The number of hydrogen-bond donors (Lipinski definition) is 1. The summed E-state index contributed by atoms with van der Waals surface area (Å²) in [5.74, 6) is 0.473. The molecule has 1 aliphatic rings. The molecule has 0 aromatic carbocycles. The molecule has 0 saturated heterocycles. The second-order valence-corrected chi connectivity index (χ2v) is 4.14. The van der Waals surface area contributed by atoms with E-state index >= 15 is 0 Å². The minimum atomic E-state index is -4.45. The van der Waals surface area contributed by atoms with Gasteiger partial charge >= 0.3 is 6.18 Å². The van der Waals surface area contributed by atoms with Crippen LogP contribution in [0.5, 0.6) is 0 Å². The van der Waals surface area contributed by atoms with E-state index in [0.717, 1.165) is 18.9 Å². The number of imidazole rings is 1. The fourth-order valence-electron chi connectivity index (χ4n) is 1.86. The van der Waals surface area contributed by atoms with Crippen molar-refractivity contribution in [1.82, 2.24) is 14.6 Å². The minimum Gasteiger partial charge on any atom is -0.382 e. The summed E-state index contributed by atoms with van der Waals surface area (Å²) in [7, 11) is 0. The van der Waals surface area contributed by atoms with Crippen molar-refractivity contribution < 1.29 is 13.2 Å². The van der Waals surface area contributed by atoms with Gasteiger partial charge in [-0.2, -0.15) is 18.3 Å². The molecule has 2 heterocycles. The Morgan fingerprint density at radius 3 is 2.42 bits per heavy atom. The van der Waals surface area contributed by atoms with Gasteiger partial charge in [-0.3, -0.25) is 0 Å². The van der Waals surface area contributed by atoms with Crippen LogP contribution in [0.4, 0.5) is 19.0 Å². The monoisotopic (exact) mass is 272 g/mol. The van der Waals surface area contributed by atoms with Gasteiger partial charge in [-0.05, 0) is 25.0 Å². The highest BCUT2D eigenvalue weighted by atomic mass is 19.4. The highest BCUT2D eigenvalue weighted by molar-refractivity contribution is 5.53. The summed E-state index contributed by atoms with van der Waals surface area (Å²) in [5.41, 5.74) is 5.74. The first-order valence-corrected chi connectivity index (χ1v) is 6.19. The standard InChI is InChI=1S/C10H9F3N4.C2H6/c11-10(12,13)6-3-4-7-15-9(14)8(5-1-2-5)17(7)16-6;1-2/h3-5H,1-2,14H2;1-2H3. The van der Waals surface area contributed by atoms with Gasteiger partial charge in [-0.15, -0.1) is 0 Å². The second kappa shape index (κ2) is 4.71. The predicted molar refractivity (Wildman–Crippen MR) is 65.7 cm³/mol. The SMILES string of the molecule is CC.Nc1nc2ccc(C(F)(F)F)nn2c1C1CC1. The Balaban J connectivity index is 0.000000637. The normalized spacial score (nSPS) is 15.2. The highest BCUT2D eigenvalue weighted by Crippen LogP contribution is 2.42. The number of nitrogens with two attached hydrogens (primary N) is 1. The third-order valence-corrected chi connectivity index (χ3v) is 2.80. The number of hydrogen-bond acceptors (Lipinski definition) is 3. The van der Waals surface area contributed by atoms with Crippen molar-refractivity contribution >= 4 is 11.5 Å². The Labute approximate surface area is 108 Å². The number of aromatic nitrogens is 3. The molecule has 19 heavy (non-hydrogen) atoms. The molecule has 2 N–H and O–H groups in total. The van der Waals surface area contributed by atoms with Gasteiger partial charge in [0.2, 0.25) is 0 Å². The summed E-state index contributed by atoms with van der Waals surface area (Å²) in [6.07, 6.45) is -2.60. The van der Waals surface area contributed by atoms with Gasteiger partial charge in [-0.25, -0.2) is 9.50 Å². The molecular formula is C12H15F3N4. The number of rotatable bonds is 1. The van der Waals surface area contributed by atoms with Crippen LogP contribution in [0.2, 0.25) is 0 Å². The maximum absolute atomic E-state index is 12.5. The maximum atomic E-state index is 12.5. The fraction of sp³-hybridized carbons (Fsp3) is 0.500. The quantitative estimate of drug-likeness (QED) is 0.867. The minimum absolute atomic E-state index is 0.195. The zero-order valence-electron chi connectivity index (χ0n) is 10.7. The van der Waals surface area contributed by atoms with Gasteiger partial charge in [0.1, 0.15) is 5.82 Å². The summed E-state index contributed by atoms with van der Waals surface area (Å²) < 4.78 is 38.8. The number of nitrogen functional groups attached to an aromatic ring is 1. The molecule has 0 aliphatic heterocycles. The fourth-order valence-corrected chi connectivity index (χ4v) is 1.86. The summed E-state index contributed by atoms with van der Waals surface area (Å²) in [6, 6.07) is 2.20. The zero-order valence-corrected chi connectivity index (χ0v) is 10.7. The van der Waals surface area contributed by atoms with Crippen molar-refractivity contribution in [2.75, 3.05) is 5.73 Å². The van der Waals surface area contributed by atoms with E-state index in [1.54, 1.807) is 0 Å². The zero-order chi connectivity index (χ0) is 14.2. The van der Waals surface area contributed by atoms with E-state index in [9.17, 15) is 13.2 Å². The van der Waals surface area contributed by atoms with Crippen LogP contribution in [0.25, 0.3) is 5.65 Å². The predicted octanol–water partition coefficient (Wildman–Crippen LogP) is 3.23. The van der Waals surface area contributed by atoms with Crippen LogP contribution < -0.4 is 5.73 Å². The van der Waals surface area contributed by atoms with E-state index < -0.39 is 11.9 Å². The van der Waals surface area contributed by atoms with Crippen LogP contribution in [0, 0.1) is 0 Å². The summed E-state index contributed by atoms with van der Waals surface area (Å²) in [5, 5.41) is 3.58. The van der Waals surface area contributed by atoms with Crippen molar-refractivity contribution in [2.24, 2.45) is 0 Å². The van der Waals surface area contributed by atoms with Crippen LogP contribution >= 0.6 is 0 Å². The Morgan fingerprint density at radius 1 is 1.26 bits per heavy atom. The number of alkyl halides is 3. The van der Waals surface area contributed by atoms with Crippen molar-refractivity contribution in [3.63, 3.8) is 0 Å². The van der Waals surface area contributed by atoms with E-state index in [-0.39, 0.29) is 11.7 Å². The van der Waals surface area contributed by atoms with E-state index in [1.165, 1.54) is 10.6 Å². The lowest BCUT2D eigenvalue weighted by Crippen LogP contribution is -2.11. The largest absolute Gasteiger partial charge is 0.435 e. The first-order valence-electron chi connectivity index (χ1n) is 6.19. The summed E-state index contributed by atoms with van der Waals surface area (Å²) in [6.45, 7) is 4.00. The molecule has 1 fully saturated rings. The molecule has 2 aromatic heterocycles. The molecule has 4 nitrogen and oxygen atoms in total. The lowest BCUT2D eigenvalue weighted by atomic mass is 10.3. The summed E-state index contributed by atoms with van der Waals surface area (Å²) in [4.78, 5) is 4.01. The molecule has 7 heteroatoms. The van der Waals surface area contributed by atoms with Crippen molar-refractivity contribution in [2.45, 2.75) is 38.8 Å². The third-order valence-electron chi connectivity index (χ3n) is 2.80. The van der Waals surface area contributed by atoms with Crippen LogP contribution in [0.1, 0.15) is 44.0 Å². The smallest absolute Gasteiger partial charge is 0.382 e. The highest BCUT2D eigenvalue weighted by Gasteiger charge is 2.35. The summed E-state index contributed by atoms with van der Waals surface area (Å²) >= 11 is 0. The first-order chi connectivity index (χ1) is 8.97. The Kier molecular flexibility index (Phi) is 3.38. The molecule has 0 unspecified atom stereocenters. The Hall–Kier alpha value is -1.79. The van der Waals surface area contributed by atoms with Gasteiger partial charge in [0.05, 0.1) is 5.69 Å². The van der Waals surface area contributed by atoms with Gasteiger partial charge in [0.15, 0.2) is 11.3 Å². The van der Waals surface area contributed by atoms with Gasteiger partial charge < -0.3 is 5.73 Å². The number of nitrogens with zero attached hydrogens (tertiary/aromatic N) is 3. The molecular weight excluding hydrogens is 257 g/mol. The van der Waals surface area contributed by atoms with Crippen molar-refractivity contribution in [1.29, 1.82) is 0 Å². The van der Waals surface area contributed by atoms with Gasteiger partial charge in [0, 0.05) is 5.92 Å². The first kappa shape index (κ1) is 13.6. The molecule has 3 rings (SSSR count). The number of fused-ring (bicyclic) bond motifs is 1. The Morgan fingerprint density at radius 2 is 1.89 bits per heavy atom. The molecule has 0 radical (unpaired) electrons. The van der Waals surface area contributed by atoms with Gasteiger partial charge in [-0.1, -0.05) is 13.8 Å². The van der Waals surface area contributed by atoms with Crippen LogP contribution in [0.3, 0.4) is 0 Å². The third kappa shape index (κ3) is 2.50. The average molecular weight is 272 g/mol. The topological polar surface area (TPSA) is 56.2 Å². The molecule has 1 aliphatic carbocycles. The van der Waals surface area contributed by atoms with Crippen LogP contribution in [0.15, 0.2) is 12.1 Å². The van der Waals surface area contributed by atoms with Crippen molar-refractivity contribution in [3.8, 4) is 0 Å². The van der Waals surface area contributed by atoms with Gasteiger partial charge in [0.25, 0.3) is 0 Å². The molecule has 2 aromatic rings. The van der Waals surface area contributed by atoms with E-state index in [4.69, 9.17) is 5.73 Å². The number of anilines is 1. The van der Waals surface area contributed by atoms with Crippen LogP contribution in [-0.2, 0) is 6.18 Å². The molecule has 0 atom stereocenters. The van der Waals surface area contributed by atoms with E-state index in [1.807, 2.05) is 13.8 Å². The lowest BCUT2D eigenvalue weighted by Gasteiger charge is -2.06. The van der Waals surface area contributed by atoms with Crippen LogP contribution in [-0.4, -0.2) is 14.6 Å². The molecule has 104 valence electrons. The number of halogens is 3. The average Bonchev–Trinajstić information content (AvgIpc) is 3.12. The van der Waals surface area contributed by atoms with E-state index in [2.05, 4.69) is 10.1 Å². The molecule has 1 saturated carbocycles. The maximum Gasteiger partial charge on any atom is 0.435 e. The van der Waals surface area contributed by atoms with Crippen molar-refractivity contribution in [3.05, 3.63) is 23.5 Å². The molecule has 0 bridgehead atoms. The van der Waals surface area contributed by atoms with E-state index in [0.29, 0.717) is 11.3 Å². The Bertz CT molecular complexity index is 584.